The molecule has 8 heteroatoms. The fourth-order valence-corrected chi connectivity index (χ4v) is 3.70. The van der Waals surface area contributed by atoms with E-state index in [1.165, 1.54) is 18.4 Å². The zero-order chi connectivity index (χ0) is 20.0. The fraction of sp³-hybridized carbons (Fsp3) is 0.316. The van der Waals surface area contributed by atoms with E-state index in [2.05, 4.69) is 5.32 Å². The number of hydrogen-bond acceptors (Lipinski definition) is 6. The molecule has 0 bridgehead atoms. The van der Waals surface area contributed by atoms with Gasteiger partial charge in [-0.25, -0.2) is 4.79 Å². The Balaban J connectivity index is 2.34. The molecule has 0 saturated heterocycles. The monoisotopic (exact) mass is 391 g/mol. The third kappa shape index (κ3) is 5.07. The first-order valence-electron chi connectivity index (χ1n) is 8.25. The molecule has 27 heavy (non-hydrogen) atoms. The average Bonchev–Trinajstić information content (AvgIpc) is 2.96. The van der Waals surface area contributed by atoms with Crippen molar-refractivity contribution < 1.29 is 29.0 Å². The number of benzene rings is 1. The first-order valence-corrected chi connectivity index (χ1v) is 9.06. The second kappa shape index (κ2) is 9.18. The van der Waals surface area contributed by atoms with Gasteiger partial charge in [0.1, 0.15) is 16.3 Å². The first-order chi connectivity index (χ1) is 12.9. The normalized spacial score (nSPS) is 10.3. The number of hydrogen-bond donors (Lipinski definition) is 2. The van der Waals surface area contributed by atoms with Gasteiger partial charge in [-0.05, 0) is 31.0 Å². The molecule has 1 aromatic carbocycles. The van der Waals surface area contributed by atoms with Crippen molar-refractivity contribution in [1.29, 1.82) is 0 Å². The Kier molecular flexibility index (Phi) is 6.95. The summed E-state index contributed by atoms with van der Waals surface area (Å²) in [5.41, 5.74) is 1.78. The van der Waals surface area contributed by atoms with Crippen LogP contribution >= 0.6 is 11.3 Å². The van der Waals surface area contributed by atoms with Gasteiger partial charge in [-0.3, -0.25) is 9.59 Å². The first kappa shape index (κ1) is 20.4. The van der Waals surface area contributed by atoms with E-state index in [-0.39, 0.29) is 30.7 Å². The van der Waals surface area contributed by atoms with Crippen molar-refractivity contribution in [3.8, 4) is 16.9 Å². The molecule has 2 aromatic rings. The SMILES string of the molecule is COC(=O)c1c(NC(=O)CCCC(=O)O)sc(C)c1-c1ccc(OC)cc1. The van der Waals surface area contributed by atoms with Crippen molar-refractivity contribution in [3.63, 3.8) is 0 Å². The minimum atomic E-state index is -0.952. The van der Waals surface area contributed by atoms with Crippen molar-refractivity contribution >= 4 is 34.2 Å². The van der Waals surface area contributed by atoms with Gasteiger partial charge in [-0.15, -0.1) is 11.3 Å². The maximum absolute atomic E-state index is 12.4. The second-order valence-electron chi connectivity index (χ2n) is 5.75. The quantitative estimate of drug-likeness (QED) is 0.665. The van der Waals surface area contributed by atoms with E-state index in [1.807, 2.05) is 19.1 Å². The van der Waals surface area contributed by atoms with E-state index >= 15 is 0 Å². The van der Waals surface area contributed by atoms with Gasteiger partial charge in [0, 0.05) is 23.3 Å². The van der Waals surface area contributed by atoms with E-state index in [1.54, 1.807) is 19.2 Å². The molecule has 1 amide bonds. The Labute approximate surface area is 160 Å². The molecule has 0 unspecified atom stereocenters. The van der Waals surface area contributed by atoms with Crippen LogP contribution in [-0.4, -0.2) is 37.2 Å². The topological polar surface area (TPSA) is 102 Å². The number of aliphatic carboxylic acids is 1. The number of carboxylic acids is 1. The second-order valence-corrected chi connectivity index (χ2v) is 6.98. The van der Waals surface area contributed by atoms with Gasteiger partial charge in [0.15, 0.2) is 0 Å². The van der Waals surface area contributed by atoms with E-state index < -0.39 is 11.9 Å². The van der Waals surface area contributed by atoms with Crippen LogP contribution in [0, 0.1) is 6.92 Å². The lowest BCUT2D eigenvalue weighted by molar-refractivity contribution is -0.137. The van der Waals surface area contributed by atoms with Crippen LogP contribution in [-0.2, 0) is 14.3 Å². The van der Waals surface area contributed by atoms with Crippen LogP contribution in [0.15, 0.2) is 24.3 Å². The largest absolute Gasteiger partial charge is 0.497 e. The Morgan fingerprint density at radius 2 is 1.78 bits per heavy atom. The highest BCUT2D eigenvalue weighted by atomic mass is 32.1. The number of rotatable bonds is 8. The molecule has 144 valence electrons. The summed E-state index contributed by atoms with van der Waals surface area (Å²) in [4.78, 5) is 35.9. The van der Waals surface area contributed by atoms with Gasteiger partial charge >= 0.3 is 11.9 Å². The predicted octanol–water partition coefficient (Wildman–Crippen LogP) is 3.71. The molecular formula is C19H21NO6S. The number of methoxy groups -OCH3 is 2. The van der Waals surface area contributed by atoms with Gasteiger partial charge in [0.25, 0.3) is 0 Å². The molecular weight excluding hydrogens is 370 g/mol. The molecule has 0 radical (unpaired) electrons. The van der Waals surface area contributed by atoms with Crippen LogP contribution in [0.1, 0.15) is 34.5 Å². The van der Waals surface area contributed by atoms with Crippen molar-refractivity contribution in [1.82, 2.24) is 0 Å². The molecule has 2 N–H and O–H groups in total. The molecule has 7 nitrogen and oxygen atoms in total. The van der Waals surface area contributed by atoms with Crippen LogP contribution in [0.3, 0.4) is 0 Å². The molecule has 0 aliphatic carbocycles. The summed E-state index contributed by atoms with van der Waals surface area (Å²) in [6.07, 6.45) is 0.198. The maximum Gasteiger partial charge on any atom is 0.341 e. The number of esters is 1. The summed E-state index contributed by atoms with van der Waals surface area (Å²) in [5, 5.41) is 11.8. The van der Waals surface area contributed by atoms with Crippen LogP contribution in [0.4, 0.5) is 5.00 Å². The fourth-order valence-electron chi connectivity index (χ4n) is 2.62. The number of thiophene rings is 1. The van der Waals surface area contributed by atoms with Crippen molar-refractivity contribution in [3.05, 3.63) is 34.7 Å². The smallest absolute Gasteiger partial charge is 0.341 e. The number of anilines is 1. The van der Waals surface area contributed by atoms with Gasteiger partial charge < -0.3 is 19.9 Å². The summed E-state index contributed by atoms with van der Waals surface area (Å²) in [6, 6.07) is 7.24. The lowest BCUT2D eigenvalue weighted by Crippen LogP contribution is -2.14. The highest BCUT2D eigenvalue weighted by Gasteiger charge is 2.25. The Morgan fingerprint density at radius 3 is 2.33 bits per heavy atom. The molecule has 0 aliphatic heterocycles. The summed E-state index contributed by atoms with van der Waals surface area (Å²) in [5.74, 6) is -1.15. The van der Waals surface area contributed by atoms with Crippen LogP contribution in [0.25, 0.3) is 11.1 Å². The highest BCUT2D eigenvalue weighted by Crippen LogP contribution is 2.40. The molecule has 1 heterocycles. The van der Waals surface area contributed by atoms with E-state index in [0.717, 1.165) is 10.4 Å². The predicted molar refractivity (Wildman–Crippen MR) is 103 cm³/mol. The lowest BCUT2D eigenvalue weighted by Gasteiger charge is -2.09. The van der Waals surface area contributed by atoms with Gasteiger partial charge in [-0.1, -0.05) is 12.1 Å². The third-order valence-corrected chi connectivity index (χ3v) is 4.92. The zero-order valence-electron chi connectivity index (χ0n) is 15.3. The average molecular weight is 391 g/mol. The van der Waals surface area contributed by atoms with E-state index in [0.29, 0.717) is 16.3 Å². The molecule has 2 rings (SSSR count). The third-order valence-electron chi connectivity index (χ3n) is 3.90. The molecule has 0 saturated carbocycles. The standard InChI is InChI=1S/C19H21NO6S/c1-11-16(12-7-9-13(25-2)10-8-12)17(19(24)26-3)18(27-11)20-14(21)5-4-6-15(22)23/h7-10H,4-6H2,1-3H3,(H,20,21)(H,22,23). The summed E-state index contributed by atoms with van der Waals surface area (Å²) in [6.45, 7) is 1.86. The number of ether oxygens (including phenoxy) is 2. The van der Waals surface area contributed by atoms with Crippen LogP contribution in [0.5, 0.6) is 5.75 Å². The molecule has 0 aliphatic rings. The number of nitrogens with one attached hydrogen (secondary N) is 1. The highest BCUT2D eigenvalue weighted by molar-refractivity contribution is 7.17. The number of aryl methyl sites for hydroxylation is 1. The Hall–Kier alpha value is -2.87. The lowest BCUT2D eigenvalue weighted by atomic mass is 10.0. The Bertz CT molecular complexity index is 841. The number of carboxylic acid groups (broad SMARTS) is 1. The minimum Gasteiger partial charge on any atom is -0.497 e. The van der Waals surface area contributed by atoms with Gasteiger partial charge in [0.2, 0.25) is 5.91 Å². The van der Waals surface area contributed by atoms with Crippen molar-refractivity contribution in [2.24, 2.45) is 0 Å². The molecule has 1 aromatic heterocycles. The van der Waals surface area contributed by atoms with Crippen molar-refractivity contribution in [2.45, 2.75) is 26.2 Å². The molecule has 0 fully saturated rings. The molecule has 0 atom stereocenters. The Morgan fingerprint density at radius 1 is 1.11 bits per heavy atom. The van der Waals surface area contributed by atoms with Gasteiger partial charge in [-0.2, -0.15) is 0 Å². The summed E-state index contributed by atoms with van der Waals surface area (Å²) >= 11 is 1.28. The maximum atomic E-state index is 12.4. The number of amides is 1. The van der Waals surface area contributed by atoms with E-state index in [4.69, 9.17) is 14.6 Å². The van der Waals surface area contributed by atoms with Crippen LogP contribution in [0.2, 0.25) is 0 Å². The summed E-state index contributed by atoms with van der Waals surface area (Å²) < 4.78 is 10.1. The number of carbonyl (C=O) groups is 3. The number of carbonyl (C=O) groups excluding carboxylic acids is 2. The summed E-state index contributed by atoms with van der Waals surface area (Å²) in [7, 11) is 2.86. The minimum absolute atomic E-state index is 0.0573. The zero-order valence-corrected chi connectivity index (χ0v) is 16.1. The van der Waals surface area contributed by atoms with E-state index in [9.17, 15) is 14.4 Å². The van der Waals surface area contributed by atoms with Crippen molar-refractivity contribution in [2.75, 3.05) is 19.5 Å². The van der Waals surface area contributed by atoms with Gasteiger partial charge in [0.05, 0.1) is 14.2 Å². The van der Waals surface area contributed by atoms with Crippen LogP contribution < -0.4 is 10.1 Å². The molecule has 0 spiro atoms.